The number of rotatable bonds is 5. The Morgan fingerprint density at radius 2 is 1.79 bits per heavy atom. The molecule has 0 spiro atoms. The lowest BCUT2D eigenvalue weighted by molar-refractivity contribution is 0.356. The van der Waals surface area contributed by atoms with E-state index in [1.54, 1.807) is 37.4 Å². The lowest BCUT2D eigenvalue weighted by Crippen LogP contribution is -2.13. The highest BCUT2D eigenvalue weighted by Gasteiger charge is 2.14. The molecular formula is C18H17N5O4S. The Morgan fingerprint density at radius 3 is 2.43 bits per heavy atom. The lowest BCUT2D eigenvalue weighted by atomic mass is 10.1. The van der Waals surface area contributed by atoms with Gasteiger partial charge in [-0.1, -0.05) is 0 Å². The van der Waals surface area contributed by atoms with Crippen LogP contribution in [0, 0.1) is 0 Å². The maximum atomic E-state index is 11.4. The van der Waals surface area contributed by atoms with Crippen LogP contribution in [-0.2, 0) is 16.6 Å². The van der Waals surface area contributed by atoms with Crippen molar-refractivity contribution in [3.63, 3.8) is 0 Å². The highest BCUT2D eigenvalue weighted by Crippen LogP contribution is 2.34. The summed E-state index contributed by atoms with van der Waals surface area (Å²) in [5.41, 5.74) is 2.25. The molecule has 0 aliphatic rings. The minimum atomic E-state index is -3.78. The van der Waals surface area contributed by atoms with Crippen molar-refractivity contribution in [2.24, 2.45) is 5.14 Å². The number of primary sulfonamides is 1. The van der Waals surface area contributed by atoms with Crippen LogP contribution in [0.5, 0.6) is 11.5 Å². The van der Waals surface area contributed by atoms with Crippen LogP contribution in [0.25, 0.3) is 21.8 Å². The number of benzene rings is 1. The molecule has 1 aromatic carbocycles. The third kappa shape index (κ3) is 3.12. The number of hydrogen-bond acceptors (Lipinski definition) is 7. The normalized spacial score (nSPS) is 11.8. The molecule has 28 heavy (non-hydrogen) atoms. The first-order chi connectivity index (χ1) is 13.4. The zero-order chi connectivity index (χ0) is 19.9. The number of hydrogen-bond donors (Lipinski definition) is 1. The predicted octanol–water partition coefficient (Wildman–Crippen LogP) is 1.69. The van der Waals surface area contributed by atoms with Crippen molar-refractivity contribution in [3.05, 3.63) is 48.5 Å². The zero-order valence-electron chi connectivity index (χ0n) is 15.2. The Hall–Kier alpha value is -3.24. The van der Waals surface area contributed by atoms with Crippen molar-refractivity contribution in [1.29, 1.82) is 0 Å². The van der Waals surface area contributed by atoms with E-state index in [-0.39, 0.29) is 4.90 Å². The second kappa shape index (κ2) is 6.73. The van der Waals surface area contributed by atoms with Crippen LogP contribution >= 0.6 is 0 Å². The van der Waals surface area contributed by atoms with Gasteiger partial charge in [0.25, 0.3) is 0 Å². The summed E-state index contributed by atoms with van der Waals surface area (Å²) in [6.07, 6.45) is 4.70. The van der Waals surface area contributed by atoms with Gasteiger partial charge in [0, 0.05) is 29.2 Å². The minimum Gasteiger partial charge on any atom is -0.493 e. The topological polar surface area (TPSA) is 122 Å². The number of fused-ring (bicyclic) bond motifs is 3. The Kier molecular flexibility index (Phi) is 4.36. The molecule has 3 aromatic heterocycles. The largest absolute Gasteiger partial charge is 0.493 e. The summed E-state index contributed by atoms with van der Waals surface area (Å²) in [6, 6.07) is 6.71. The first-order valence-electron chi connectivity index (χ1n) is 8.24. The smallest absolute Gasteiger partial charge is 0.239 e. The molecule has 0 saturated heterocycles. The highest BCUT2D eigenvalue weighted by molar-refractivity contribution is 7.89. The standard InChI is InChI=1S/C18H17N5O4S/c1-26-16-5-14-15(6-17(16)27-2)21-7-11-8-22-23(18(11)14)10-12-3-4-13(9-20-12)28(19,24)25/h3-9H,10H2,1-2H3,(H2,19,24,25). The Labute approximate surface area is 160 Å². The van der Waals surface area contributed by atoms with Gasteiger partial charge in [0.2, 0.25) is 10.0 Å². The number of aromatic nitrogens is 4. The van der Waals surface area contributed by atoms with E-state index in [1.165, 1.54) is 12.3 Å². The summed E-state index contributed by atoms with van der Waals surface area (Å²) in [5, 5.41) is 11.3. The summed E-state index contributed by atoms with van der Waals surface area (Å²) in [7, 11) is -0.631. The summed E-state index contributed by atoms with van der Waals surface area (Å²) in [4.78, 5) is 8.62. The van der Waals surface area contributed by atoms with Gasteiger partial charge in [-0.2, -0.15) is 5.10 Å². The third-order valence-electron chi connectivity index (χ3n) is 4.41. The number of ether oxygens (including phenoxy) is 2. The van der Waals surface area contributed by atoms with E-state index in [9.17, 15) is 8.42 Å². The zero-order valence-corrected chi connectivity index (χ0v) is 16.0. The van der Waals surface area contributed by atoms with Crippen LogP contribution in [0.4, 0.5) is 0 Å². The van der Waals surface area contributed by atoms with Crippen molar-refractivity contribution in [1.82, 2.24) is 19.7 Å². The van der Waals surface area contributed by atoms with E-state index in [4.69, 9.17) is 14.6 Å². The van der Waals surface area contributed by atoms with Crippen molar-refractivity contribution in [3.8, 4) is 11.5 Å². The van der Waals surface area contributed by atoms with Crippen LogP contribution in [-0.4, -0.2) is 42.4 Å². The molecule has 3 heterocycles. The average Bonchev–Trinajstić information content (AvgIpc) is 3.09. The summed E-state index contributed by atoms with van der Waals surface area (Å²) < 4.78 is 35.3. The number of sulfonamides is 1. The molecule has 4 rings (SSSR count). The molecule has 0 fully saturated rings. The number of nitrogens with zero attached hydrogens (tertiary/aromatic N) is 4. The van der Waals surface area contributed by atoms with Crippen molar-refractivity contribution in [2.75, 3.05) is 14.2 Å². The Morgan fingerprint density at radius 1 is 1.04 bits per heavy atom. The molecule has 0 atom stereocenters. The van der Waals surface area contributed by atoms with E-state index in [0.717, 1.165) is 21.8 Å². The summed E-state index contributed by atoms with van der Waals surface area (Å²) in [6.45, 7) is 0.349. The molecule has 0 bridgehead atoms. The lowest BCUT2D eigenvalue weighted by Gasteiger charge is -2.11. The van der Waals surface area contributed by atoms with E-state index < -0.39 is 10.0 Å². The van der Waals surface area contributed by atoms with Crippen molar-refractivity contribution < 1.29 is 17.9 Å². The monoisotopic (exact) mass is 399 g/mol. The van der Waals surface area contributed by atoms with Crippen LogP contribution in [0.2, 0.25) is 0 Å². The van der Waals surface area contributed by atoms with Crippen LogP contribution < -0.4 is 14.6 Å². The molecule has 0 radical (unpaired) electrons. The van der Waals surface area contributed by atoms with Crippen LogP contribution in [0.3, 0.4) is 0 Å². The summed E-state index contributed by atoms with van der Waals surface area (Å²) in [5.74, 6) is 1.18. The third-order valence-corrected chi connectivity index (χ3v) is 5.30. The second-order valence-corrected chi connectivity index (χ2v) is 7.68. The molecule has 144 valence electrons. The van der Waals surface area contributed by atoms with Gasteiger partial charge in [-0.15, -0.1) is 0 Å². The van der Waals surface area contributed by atoms with E-state index >= 15 is 0 Å². The van der Waals surface area contributed by atoms with E-state index in [0.29, 0.717) is 23.7 Å². The highest BCUT2D eigenvalue weighted by atomic mass is 32.2. The molecule has 0 aliphatic heterocycles. The fourth-order valence-corrected chi connectivity index (χ4v) is 3.50. The molecule has 0 amide bonds. The fourth-order valence-electron chi connectivity index (χ4n) is 3.04. The van der Waals surface area contributed by atoms with E-state index in [1.807, 2.05) is 12.1 Å². The van der Waals surface area contributed by atoms with Gasteiger partial charge in [-0.25, -0.2) is 13.6 Å². The van der Waals surface area contributed by atoms with Gasteiger partial charge in [0.05, 0.1) is 43.7 Å². The second-order valence-electron chi connectivity index (χ2n) is 6.12. The Bertz CT molecular complexity index is 1280. The molecule has 9 nitrogen and oxygen atoms in total. The van der Waals surface area contributed by atoms with Crippen LogP contribution in [0.15, 0.2) is 47.8 Å². The van der Waals surface area contributed by atoms with Gasteiger partial charge in [-0.3, -0.25) is 14.6 Å². The molecule has 0 aliphatic carbocycles. The minimum absolute atomic E-state index is 0.0342. The first kappa shape index (κ1) is 18.1. The average molecular weight is 399 g/mol. The maximum absolute atomic E-state index is 11.4. The van der Waals surface area contributed by atoms with Gasteiger partial charge < -0.3 is 9.47 Å². The van der Waals surface area contributed by atoms with Gasteiger partial charge in [0.15, 0.2) is 11.5 Å². The molecule has 10 heteroatoms. The molecule has 0 saturated carbocycles. The van der Waals surface area contributed by atoms with Crippen LogP contribution in [0.1, 0.15) is 5.69 Å². The summed E-state index contributed by atoms with van der Waals surface area (Å²) >= 11 is 0. The van der Waals surface area contributed by atoms with Gasteiger partial charge in [0.1, 0.15) is 4.90 Å². The molecular weight excluding hydrogens is 382 g/mol. The predicted molar refractivity (Wildman–Crippen MR) is 103 cm³/mol. The number of pyridine rings is 2. The number of methoxy groups -OCH3 is 2. The van der Waals surface area contributed by atoms with Gasteiger partial charge in [-0.05, 0) is 18.2 Å². The first-order valence-corrected chi connectivity index (χ1v) is 9.79. The Balaban J connectivity index is 1.82. The molecule has 0 unspecified atom stereocenters. The number of nitrogens with two attached hydrogens (primary N) is 1. The van der Waals surface area contributed by atoms with E-state index in [2.05, 4.69) is 15.1 Å². The van der Waals surface area contributed by atoms with Crippen molar-refractivity contribution in [2.45, 2.75) is 11.4 Å². The van der Waals surface area contributed by atoms with Crippen molar-refractivity contribution >= 4 is 31.8 Å². The fraction of sp³-hybridized carbons (Fsp3) is 0.167. The molecule has 2 N–H and O–H groups in total. The quantitative estimate of drug-likeness (QED) is 0.542. The SMILES string of the molecule is COc1cc2ncc3cnn(Cc4ccc(S(N)(=O)=O)cn4)c3c2cc1OC. The van der Waals surface area contributed by atoms with Gasteiger partial charge >= 0.3 is 0 Å². The maximum Gasteiger partial charge on any atom is 0.239 e. The molecule has 4 aromatic rings.